The van der Waals surface area contributed by atoms with Crippen molar-refractivity contribution >= 4 is 40.6 Å². The van der Waals surface area contributed by atoms with Gasteiger partial charge < -0.3 is 4.42 Å². The molecule has 30 heavy (non-hydrogen) atoms. The minimum absolute atomic E-state index is 0.0490. The average molecular weight is 432 g/mol. The van der Waals surface area contributed by atoms with E-state index in [1.54, 1.807) is 12.1 Å². The van der Waals surface area contributed by atoms with Crippen LogP contribution in [0.5, 0.6) is 0 Å². The van der Waals surface area contributed by atoms with E-state index in [-0.39, 0.29) is 22.2 Å². The van der Waals surface area contributed by atoms with E-state index in [1.165, 1.54) is 24.4 Å². The summed E-state index contributed by atoms with van der Waals surface area (Å²) in [6.07, 6.45) is 1.23. The Hall–Kier alpha value is -4.32. The number of rotatable bonds is 7. The second-order valence-corrected chi connectivity index (χ2v) is 6.12. The fourth-order valence-corrected chi connectivity index (χ4v) is 2.70. The second kappa shape index (κ2) is 8.36. The highest BCUT2D eigenvalue weighted by molar-refractivity contribution is 6.33. The van der Waals surface area contributed by atoms with Crippen molar-refractivity contribution < 1.29 is 19.2 Å². The Labute approximate surface area is 171 Å². The molecule has 0 spiro atoms. The standard InChI is InChI=1S/C17H10ClN5O7/c18-14-7-10(21(24)25)1-4-13(14)17-6-3-12(30-17)9-19-20-15-5-2-11(22(26)27)8-16(15)23(28)29/h1-9,20H. The number of furan rings is 1. The van der Waals surface area contributed by atoms with Crippen molar-refractivity contribution in [2.45, 2.75) is 0 Å². The molecule has 0 atom stereocenters. The molecule has 0 unspecified atom stereocenters. The third kappa shape index (κ3) is 4.39. The van der Waals surface area contributed by atoms with Gasteiger partial charge in [-0.05, 0) is 24.3 Å². The van der Waals surface area contributed by atoms with Crippen LogP contribution >= 0.6 is 11.6 Å². The Morgan fingerprint density at radius 2 is 1.57 bits per heavy atom. The van der Waals surface area contributed by atoms with Crippen molar-refractivity contribution in [2.24, 2.45) is 5.10 Å². The van der Waals surface area contributed by atoms with Crippen LogP contribution in [-0.2, 0) is 0 Å². The third-order valence-electron chi connectivity index (χ3n) is 3.82. The highest BCUT2D eigenvalue weighted by Crippen LogP contribution is 2.32. The van der Waals surface area contributed by atoms with Crippen LogP contribution in [-0.4, -0.2) is 21.0 Å². The van der Waals surface area contributed by atoms with Gasteiger partial charge in [0, 0.05) is 23.8 Å². The summed E-state index contributed by atoms with van der Waals surface area (Å²) in [5.41, 5.74) is 1.72. The summed E-state index contributed by atoms with van der Waals surface area (Å²) in [7, 11) is 0. The van der Waals surface area contributed by atoms with Crippen LogP contribution in [0.15, 0.2) is 58.0 Å². The van der Waals surface area contributed by atoms with Gasteiger partial charge in [0.2, 0.25) is 0 Å². The highest BCUT2D eigenvalue weighted by Gasteiger charge is 2.19. The molecular weight excluding hydrogens is 422 g/mol. The van der Waals surface area contributed by atoms with Gasteiger partial charge in [-0.15, -0.1) is 0 Å². The van der Waals surface area contributed by atoms with E-state index in [0.717, 1.165) is 18.2 Å². The maximum absolute atomic E-state index is 11.1. The van der Waals surface area contributed by atoms with Gasteiger partial charge in [0.15, 0.2) is 0 Å². The first-order chi connectivity index (χ1) is 14.3. The van der Waals surface area contributed by atoms with E-state index in [2.05, 4.69) is 10.5 Å². The van der Waals surface area contributed by atoms with Crippen LogP contribution in [0, 0.1) is 30.3 Å². The molecule has 0 fully saturated rings. The molecular formula is C17H10ClN5O7. The van der Waals surface area contributed by atoms with Crippen molar-refractivity contribution in [3.63, 3.8) is 0 Å². The molecule has 0 aliphatic rings. The van der Waals surface area contributed by atoms with E-state index in [4.69, 9.17) is 16.0 Å². The van der Waals surface area contributed by atoms with Gasteiger partial charge in [0.25, 0.3) is 11.4 Å². The number of nitrogens with zero attached hydrogens (tertiary/aromatic N) is 4. The quantitative estimate of drug-likeness (QED) is 0.317. The number of hydrogen-bond acceptors (Lipinski definition) is 9. The molecule has 0 aliphatic carbocycles. The second-order valence-electron chi connectivity index (χ2n) is 5.71. The number of nitrogens with one attached hydrogen (secondary N) is 1. The topological polar surface area (TPSA) is 167 Å². The van der Waals surface area contributed by atoms with Crippen LogP contribution in [0.1, 0.15) is 5.76 Å². The zero-order valence-electron chi connectivity index (χ0n) is 14.7. The number of nitro benzene ring substituents is 3. The first-order valence-electron chi connectivity index (χ1n) is 8.02. The molecule has 13 heteroatoms. The fraction of sp³-hybridized carbons (Fsp3) is 0. The Morgan fingerprint density at radius 3 is 2.20 bits per heavy atom. The molecule has 0 amide bonds. The minimum Gasteiger partial charge on any atom is -0.455 e. The lowest BCUT2D eigenvalue weighted by Gasteiger charge is -2.01. The maximum atomic E-state index is 11.1. The predicted molar refractivity (Wildman–Crippen MR) is 107 cm³/mol. The monoisotopic (exact) mass is 431 g/mol. The Morgan fingerprint density at radius 1 is 0.900 bits per heavy atom. The molecule has 1 heterocycles. The molecule has 0 bridgehead atoms. The van der Waals surface area contributed by atoms with Gasteiger partial charge in [-0.1, -0.05) is 11.6 Å². The SMILES string of the molecule is O=[N+]([O-])c1ccc(-c2ccc(C=NNc3ccc([N+](=O)[O-])cc3[N+](=O)[O-])o2)c(Cl)c1. The summed E-state index contributed by atoms with van der Waals surface area (Å²) < 4.78 is 5.55. The summed E-state index contributed by atoms with van der Waals surface area (Å²) in [6, 6.07) is 10.1. The van der Waals surface area contributed by atoms with Crippen LogP contribution in [0.2, 0.25) is 5.02 Å². The lowest BCUT2D eigenvalue weighted by molar-refractivity contribution is -0.393. The number of anilines is 1. The number of halogens is 1. The van der Waals surface area contributed by atoms with Crippen molar-refractivity contribution in [3.8, 4) is 11.3 Å². The lowest BCUT2D eigenvalue weighted by Crippen LogP contribution is -1.98. The molecule has 152 valence electrons. The van der Waals surface area contributed by atoms with Crippen LogP contribution in [0.25, 0.3) is 11.3 Å². The zero-order valence-corrected chi connectivity index (χ0v) is 15.5. The molecule has 1 N–H and O–H groups in total. The van der Waals surface area contributed by atoms with Gasteiger partial charge in [0.1, 0.15) is 17.2 Å². The maximum Gasteiger partial charge on any atom is 0.301 e. The van der Waals surface area contributed by atoms with Gasteiger partial charge in [-0.3, -0.25) is 35.8 Å². The molecule has 2 aromatic carbocycles. The van der Waals surface area contributed by atoms with Gasteiger partial charge >= 0.3 is 5.69 Å². The summed E-state index contributed by atoms with van der Waals surface area (Å²) in [4.78, 5) is 30.6. The van der Waals surface area contributed by atoms with Gasteiger partial charge in [-0.2, -0.15) is 5.10 Å². The number of benzene rings is 2. The first kappa shape index (κ1) is 20.4. The molecule has 12 nitrogen and oxygen atoms in total. The Balaban J connectivity index is 1.78. The number of hydrazone groups is 1. The summed E-state index contributed by atoms with van der Waals surface area (Å²) >= 11 is 6.06. The number of nitro groups is 3. The minimum atomic E-state index is -0.771. The number of non-ortho nitro benzene ring substituents is 2. The third-order valence-corrected chi connectivity index (χ3v) is 4.13. The van der Waals surface area contributed by atoms with E-state index in [9.17, 15) is 30.3 Å². The lowest BCUT2D eigenvalue weighted by atomic mass is 10.1. The number of hydrogen-bond donors (Lipinski definition) is 1. The van der Waals surface area contributed by atoms with E-state index >= 15 is 0 Å². The molecule has 0 radical (unpaired) electrons. The average Bonchev–Trinajstić information content (AvgIpc) is 3.16. The van der Waals surface area contributed by atoms with Crippen LogP contribution in [0.3, 0.4) is 0 Å². The van der Waals surface area contributed by atoms with E-state index < -0.39 is 26.1 Å². The van der Waals surface area contributed by atoms with Gasteiger partial charge in [-0.25, -0.2) is 0 Å². The van der Waals surface area contributed by atoms with Gasteiger partial charge in [0.05, 0.1) is 32.1 Å². The zero-order chi connectivity index (χ0) is 21.8. The first-order valence-corrected chi connectivity index (χ1v) is 8.40. The normalized spacial score (nSPS) is 10.8. The van der Waals surface area contributed by atoms with Crippen molar-refractivity contribution in [1.29, 1.82) is 0 Å². The molecule has 1 aromatic heterocycles. The summed E-state index contributed by atoms with van der Waals surface area (Å²) in [5, 5.41) is 36.6. The van der Waals surface area contributed by atoms with Crippen LogP contribution in [0.4, 0.5) is 22.7 Å². The summed E-state index contributed by atoms with van der Waals surface area (Å²) in [5.74, 6) is 0.592. The smallest absolute Gasteiger partial charge is 0.301 e. The van der Waals surface area contributed by atoms with E-state index in [0.29, 0.717) is 11.3 Å². The molecule has 3 rings (SSSR count). The Bertz CT molecular complexity index is 1190. The molecule has 0 aliphatic heterocycles. The highest BCUT2D eigenvalue weighted by atomic mass is 35.5. The largest absolute Gasteiger partial charge is 0.455 e. The van der Waals surface area contributed by atoms with Crippen molar-refractivity contribution in [1.82, 2.24) is 0 Å². The van der Waals surface area contributed by atoms with E-state index in [1.807, 2.05) is 0 Å². The van der Waals surface area contributed by atoms with Crippen LogP contribution < -0.4 is 5.43 Å². The van der Waals surface area contributed by atoms with Crippen molar-refractivity contribution in [3.05, 3.63) is 89.7 Å². The summed E-state index contributed by atoms with van der Waals surface area (Å²) in [6.45, 7) is 0. The Kier molecular flexibility index (Phi) is 5.69. The van der Waals surface area contributed by atoms with Crippen molar-refractivity contribution in [2.75, 3.05) is 5.43 Å². The predicted octanol–water partition coefficient (Wildman–Crippen LogP) is 4.77. The molecule has 3 aromatic rings. The molecule has 0 saturated carbocycles. The molecule has 0 saturated heterocycles. The fourth-order valence-electron chi connectivity index (χ4n) is 2.43.